The summed E-state index contributed by atoms with van der Waals surface area (Å²) in [6.07, 6.45) is 2.10. The van der Waals surface area contributed by atoms with Crippen molar-refractivity contribution in [3.05, 3.63) is 0 Å². The molecule has 5 nitrogen and oxygen atoms in total. The van der Waals surface area contributed by atoms with Crippen LogP contribution in [0.3, 0.4) is 0 Å². The third-order valence-corrected chi connectivity index (χ3v) is 1.42. The quantitative estimate of drug-likeness (QED) is 0.305. The molecule has 0 amide bonds. The number of hydrazine groups is 1. The third-order valence-electron chi connectivity index (χ3n) is 1.42. The predicted molar refractivity (Wildman–Crippen MR) is 27.1 cm³/mol. The van der Waals surface area contributed by atoms with Crippen molar-refractivity contribution in [2.24, 2.45) is 5.28 Å². The van der Waals surface area contributed by atoms with Crippen LogP contribution in [0.15, 0.2) is 5.28 Å². The Kier molecular flexibility index (Phi) is 1.72. The van der Waals surface area contributed by atoms with Crippen LogP contribution < -0.4 is 0 Å². The second kappa shape index (κ2) is 2.52. The lowest BCUT2D eigenvalue weighted by Crippen LogP contribution is -2.28. The normalized spacial score (nSPS) is 20.9. The molecule has 1 fully saturated rings. The highest BCUT2D eigenvalue weighted by Crippen LogP contribution is 2.05. The van der Waals surface area contributed by atoms with E-state index in [1.165, 1.54) is 0 Å². The number of hydrogen-bond acceptors (Lipinski definition) is 1. The van der Waals surface area contributed by atoms with Crippen LogP contribution in [0.2, 0.25) is 0 Å². The van der Waals surface area contributed by atoms with Crippen LogP contribution in [0.25, 0.3) is 0 Å². The summed E-state index contributed by atoms with van der Waals surface area (Å²) in [5.41, 5.74) is 0. The van der Waals surface area contributed by atoms with Crippen molar-refractivity contribution in [2.45, 2.75) is 12.8 Å². The van der Waals surface area contributed by atoms with Gasteiger partial charge in [0, 0.05) is 0 Å². The standard InChI is InChI=1S/C4H9N3O2/c8-5-7(9)6-3-1-2-4-6/h9H,1-4H2/p+1. The van der Waals surface area contributed by atoms with E-state index >= 15 is 0 Å². The minimum absolute atomic E-state index is 0.479. The summed E-state index contributed by atoms with van der Waals surface area (Å²) in [6, 6.07) is 0. The average Bonchev–Trinajstić information content (AvgIpc) is 2.37. The van der Waals surface area contributed by atoms with Crippen molar-refractivity contribution < 1.29 is 15.4 Å². The minimum atomic E-state index is 0.479. The van der Waals surface area contributed by atoms with Crippen molar-refractivity contribution in [3.63, 3.8) is 0 Å². The summed E-state index contributed by atoms with van der Waals surface area (Å²) in [5.74, 6) is 0. The van der Waals surface area contributed by atoms with Crippen LogP contribution in [0.5, 0.6) is 0 Å². The fraction of sp³-hybridized carbons (Fsp3) is 1.00. The molecule has 1 aliphatic heterocycles. The summed E-state index contributed by atoms with van der Waals surface area (Å²) in [4.78, 5) is 0.479. The highest BCUT2D eigenvalue weighted by Gasteiger charge is 2.22. The van der Waals surface area contributed by atoms with Gasteiger partial charge < -0.3 is 5.21 Å². The molecule has 0 spiro atoms. The molecule has 1 heterocycles. The first-order valence-corrected chi connectivity index (χ1v) is 2.93. The van der Waals surface area contributed by atoms with Crippen LogP contribution in [-0.2, 0) is 0 Å². The smallest absolute Gasteiger partial charge is 0.271 e. The van der Waals surface area contributed by atoms with Gasteiger partial charge in [0.1, 0.15) is 0 Å². The van der Waals surface area contributed by atoms with Gasteiger partial charge in [-0.3, -0.25) is 0 Å². The first-order valence-electron chi connectivity index (χ1n) is 2.93. The van der Waals surface area contributed by atoms with Crippen LogP contribution >= 0.6 is 0 Å². The lowest BCUT2D eigenvalue weighted by Gasteiger charge is -1.99. The summed E-state index contributed by atoms with van der Waals surface area (Å²) < 4.78 is 0. The maximum Gasteiger partial charge on any atom is 0.271 e. The molecule has 1 saturated heterocycles. The molecule has 9 heavy (non-hydrogen) atoms. The molecule has 0 unspecified atom stereocenters. The van der Waals surface area contributed by atoms with Crippen molar-refractivity contribution in [1.82, 2.24) is 5.01 Å². The highest BCUT2D eigenvalue weighted by molar-refractivity contribution is 4.54. The monoisotopic (exact) mass is 132 g/mol. The first-order chi connectivity index (χ1) is 4.34. The van der Waals surface area contributed by atoms with Crippen LogP contribution in [0, 0.1) is 0 Å². The van der Waals surface area contributed by atoms with Gasteiger partial charge in [0.15, 0.2) is 0 Å². The molecule has 5 heteroatoms. The fourth-order valence-corrected chi connectivity index (χ4v) is 0.936. The molecular weight excluding hydrogens is 122 g/mol. The molecule has 0 bridgehead atoms. The molecule has 1 aliphatic rings. The van der Waals surface area contributed by atoms with E-state index in [1.807, 2.05) is 0 Å². The Bertz CT molecular complexity index is 119. The Labute approximate surface area is 52.7 Å². The average molecular weight is 132 g/mol. The van der Waals surface area contributed by atoms with E-state index < -0.39 is 0 Å². The summed E-state index contributed by atoms with van der Waals surface area (Å²) in [5, 5.41) is 20.9. The van der Waals surface area contributed by atoms with Gasteiger partial charge in [-0.15, -0.1) is 5.01 Å². The number of rotatable bonds is 1. The van der Waals surface area contributed by atoms with Gasteiger partial charge in [-0.25, -0.2) is 5.21 Å². The zero-order valence-electron chi connectivity index (χ0n) is 5.06. The number of hydrogen-bond donors (Lipinski definition) is 2. The van der Waals surface area contributed by atoms with Gasteiger partial charge in [0.25, 0.3) is 10.2 Å². The molecule has 0 radical (unpaired) electrons. The van der Waals surface area contributed by atoms with Gasteiger partial charge in [-0.1, -0.05) is 0 Å². The van der Waals surface area contributed by atoms with Crippen molar-refractivity contribution in [3.8, 4) is 0 Å². The Morgan fingerprint density at radius 2 is 1.89 bits per heavy atom. The summed E-state index contributed by atoms with van der Waals surface area (Å²) >= 11 is 0. The Morgan fingerprint density at radius 3 is 2.33 bits per heavy atom. The molecule has 0 aliphatic carbocycles. The summed E-state index contributed by atoms with van der Waals surface area (Å²) in [7, 11) is 0. The summed E-state index contributed by atoms with van der Waals surface area (Å²) in [6.45, 7) is 1.53. The van der Waals surface area contributed by atoms with Crippen molar-refractivity contribution in [2.75, 3.05) is 13.1 Å². The van der Waals surface area contributed by atoms with Gasteiger partial charge in [-0.05, 0) is 12.8 Å². The van der Waals surface area contributed by atoms with E-state index in [-0.39, 0.29) is 0 Å². The maximum absolute atomic E-state index is 8.70. The Balaban J connectivity index is 2.42. The molecule has 1 rings (SSSR count). The molecule has 0 saturated carbocycles. The molecule has 0 aromatic heterocycles. The topological polar surface area (TPSA) is 59.1 Å². The number of nitrogens with zero attached hydrogens (tertiary/aromatic N) is 3. The van der Waals surface area contributed by atoms with Crippen LogP contribution in [0.1, 0.15) is 12.8 Å². The largest absolute Gasteiger partial charge is 0.357 e. The predicted octanol–water partition coefficient (Wildman–Crippen LogP) is 0.240. The van der Waals surface area contributed by atoms with Gasteiger partial charge in [-0.2, -0.15) is 0 Å². The van der Waals surface area contributed by atoms with Crippen LogP contribution in [-0.4, -0.2) is 33.5 Å². The zero-order chi connectivity index (χ0) is 6.69. The first kappa shape index (κ1) is 6.12. The SMILES string of the molecule is O/N=[N+](\O)N1CCCC1. The maximum atomic E-state index is 8.70. The van der Waals surface area contributed by atoms with E-state index in [0.29, 0.717) is 4.97 Å². The van der Waals surface area contributed by atoms with Gasteiger partial charge in [0.05, 0.1) is 13.1 Å². The van der Waals surface area contributed by atoms with E-state index in [9.17, 15) is 0 Å². The van der Waals surface area contributed by atoms with Gasteiger partial charge >= 0.3 is 0 Å². The van der Waals surface area contributed by atoms with Crippen LogP contribution in [0.4, 0.5) is 0 Å². The van der Waals surface area contributed by atoms with E-state index in [0.717, 1.165) is 25.9 Å². The van der Waals surface area contributed by atoms with Crippen molar-refractivity contribution in [1.29, 1.82) is 0 Å². The third kappa shape index (κ3) is 1.22. The molecule has 52 valence electrons. The molecule has 2 N–H and O–H groups in total. The molecule has 0 aromatic rings. The minimum Gasteiger partial charge on any atom is -0.357 e. The Hall–Kier alpha value is -1.00. The lowest BCUT2D eigenvalue weighted by atomic mass is 10.4. The van der Waals surface area contributed by atoms with Crippen molar-refractivity contribution >= 4 is 0 Å². The lowest BCUT2D eigenvalue weighted by molar-refractivity contribution is -0.939. The molecular formula is C4H10N3O2+. The van der Waals surface area contributed by atoms with E-state index in [4.69, 9.17) is 10.4 Å². The second-order valence-corrected chi connectivity index (χ2v) is 2.02. The molecule has 0 atom stereocenters. The molecule has 0 aromatic carbocycles. The fourth-order valence-electron chi connectivity index (χ4n) is 0.936. The zero-order valence-corrected chi connectivity index (χ0v) is 5.06. The van der Waals surface area contributed by atoms with Gasteiger partial charge in [0.2, 0.25) is 0 Å². The second-order valence-electron chi connectivity index (χ2n) is 2.02. The van der Waals surface area contributed by atoms with E-state index in [2.05, 4.69) is 5.28 Å². The highest BCUT2D eigenvalue weighted by atomic mass is 16.6. The Morgan fingerprint density at radius 1 is 1.33 bits per heavy atom. The van der Waals surface area contributed by atoms with E-state index in [1.54, 1.807) is 5.01 Å².